The van der Waals surface area contributed by atoms with Crippen LogP contribution in [-0.4, -0.2) is 75.5 Å². The molecule has 170 valence electrons. The lowest BCUT2D eigenvalue weighted by atomic mass is 10.1. The molecule has 0 aliphatic heterocycles. The van der Waals surface area contributed by atoms with Crippen molar-refractivity contribution in [3.05, 3.63) is 29.6 Å². The zero-order valence-corrected chi connectivity index (χ0v) is 19.5. The molecule has 8 nitrogen and oxygen atoms in total. The van der Waals surface area contributed by atoms with Crippen molar-refractivity contribution in [3.63, 3.8) is 0 Å². The molecule has 0 atom stereocenters. The van der Waals surface area contributed by atoms with E-state index in [9.17, 15) is 22.4 Å². The SMILES string of the molecule is CC(C)NS(=O)(=O)c1ccc(F)c(C(=O)N(CCN(C)C)CC(=O)OC(C)(C)C)c1. The van der Waals surface area contributed by atoms with E-state index in [2.05, 4.69) is 4.72 Å². The first kappa shape index (κ1) is 26.0. The van der Waals surface area contributed by atoms with Crippen molar-refractivity contribution in [3.8, 4) is 0 Å². The third kappa shape index (κ3) is 8.37. The highest BCUT2D eigenvalue weighted by atomic mass is 32.2. The third-order valence-corrected chi connectivity index (χ3v) is 5.37. The van der Waals surface area contributed by atoms with E-state index in [1.165, 1.54) is 0 Å². The van der Waals surface area contributed by atoms with E-state index >= 15 is 0 Å². The van der Waals surface area contributed by atoms with Gasteiger partial charge < -0.3 is 14.5 Å². The number of carbonyl (C=O) groups excluding carboxylic acids is 2. The van der Waals surface area contributed by atoms with E-state index in [0.29, 0.717) is 6.54 Å². The molecule has 0 aliphatic rings. The number of sulfonamides is 1. The van der Waals surface area contributed by atoms with Crippen LogP contribution < -0.4 is 4.72 Å². The molecule has 0 spiro atoms. The summed E-state index contributed by atoms with van der Waals surface area (Å²) >= 11 is 0. The number of ether oxygens (including phenoxy) is 1. The Hall–Kier alpha value is -2.04. The predicted octanol–water partition coefficient (Wildman–Crippen LogP) is 1.86. The van der Waals surface area contributed by atoms with Crippen LogP contribution in [0.3, 0.4) is 0 Å². The van der Waals surface area contributed by atoms with Crippen molar-refractivity contribution < 1.29 is 27.1 Å². The lowest BCUT2D eigenvalue weighted by Crippen LogP contribution is -2.42. The molecule has 1 rings (SSSR count). The number of benzene rings is 1. The second-order valence-corrected chi connectivity index (χ2v) is 10.2. The summed E-state index contributed by atoms with van der Waals surface area (Å²) in [6.07, 6.45) is 0. The highest BCUT2D eigenvalue weighted by Gasteiger charge is 2.26. The predicted molar refractivity (Wildman–Crippen MR) is 112 cm³/mol. The van der Waals surface area contributed by atoms with Crippen LogP contribution in [-0.2, 0) is 19.6 Å². The van der Waals surface area contributed by atoms with Gasteiger partial charge in [0.1, 0.15) is 18.0 Å². The van der Waals surface area contributed by atoms with Crippen LogP contribution in [0.15, 0.2) is 23.1 Å². The molecule has 30 heavy (non-hydrogen) atoms. The highest BCUT2D eigenvalue weighted by Crippen LogP contribution is 2.18. The van der Waals surface area contributed by atoms with Gasteiger partial charge in [-0.2, -0.15) is 0 Å². The quantitative estimate of drug-likeness (QED) is 0.583. The van der Waals surface area contributed by atoms with Crippen molar-refractivity contribution in [2.24, 2.45) is 0 Å². The van der Waals surface area contributed by atoms with E-state index in [1.807, 2.05) is 0 Å². The molecule has 0 aliphatic carbocycles. The molecule has 1 aromatic carbocycles. The first-order valence-corrected chi connectivity index (χ1v) is 11.1. The Morgan fingerprint density at radius 2 is 1.77 bits per heavy atom. The smallest absolute Gasteiger partial charge is 0.326 e. The van der Waals surface area contributed by atoms with E-state index in [4.69, 9.17) is 4.74 Å². The number of halogens is 1. The lowest BCUT2D eigenvalue weighted by molar-refractivity contribution is -0.155. The van der Waals surface area contributed by atoms with Gasteiger partial charge in [0.25, 0.3) is 5.91 Å². The molecule has 0 radical (unpaired) electrons. The number of nitrogens with one attached hydrogen (secondary N) is 1. The average Bonchev–Trinajstić information content (AvgIpc) is 2.55. The number of esters is 1. The molecule has 1 aromatic rings. The van der Waals surface area contributed by atoms with Crippen LogP contribution in [0.5, 0.6) is 0 Å². The molecule has 1 amide bonds. The number of carbonyl (C=O) groups is 2. The number of nitrogens with zero attached hydrogens (tertiary/aromatic N) is 2. The maximum atomic E-state index is 14.4. The maximum Gasteiger partial charge on any atom is 0.326 e. The summed E-state index contributed by atoms with van der Waals surface area (Å²) in [4.78, 5) is 28.0. The van der Waals surface area contributed by atoms with Gasteiger partial charge in [-0.3, -0.25) is 9.59 Å². The van der Waals surface area contributed by atoms with Gasteiger partial charge in [0.05, 0.1) is 10.5 Å². The zero-order valence-electron chi connectivity index (χ0n) is 18.7. The molecule has 0 saturated carbocycles. The van der Waals surface area contributed by atoms with E-state index in [-0.39, 0.29) is 24.0 Å². The van der Waals surface area contributed by atoms with Gasteiger partial charge in [-0.25, -0.2) is 17.5 Å². The Labute approximate surface area is 178 Å². The fourth-order valence-corrected chi connectivity index (χ4v) is 3.76. The van der Waals surface area contributed by atoms with Crippen molar-refractivity contribution in [2.75, 3.05) is 33.7 Å². The van der Waals surface area contributed by atoms with Gasteiger partial charge in [-0.1, -0.05) is 0 Å². The lowest BCUT2D eigenvalue weighted by Gasteiger charge is -2.26. The second kappa shape index (κ2) is 10.3. The monoisotopic (exact) mass is 445 g/mol. The number of hydrogen-bond donors (Lipinski definition) is 1. The van der Waals surface area contributed by atoms with Crippen molar-refractivity contribution in [1.82, 2.24) is 14.5 Å². The minimum absolute atomic E-state index is 0.131. The Morgan fingerprint density at radius 3 is 2.27 bits per heavy atom. The Morgan fingerprint density at radius 1 is 1.17 bits per heavy atom. The molecule has 0 saturated heterocycles. The molecule has 10 heteroatoms. The zero-order chi connectivity index (χ0) is 23.3. The van der Waals surface area contributed by atoms with E-state index < -0.39 is 38.9 Å². The maximum absolute atomic E-state index is 14.4. The van der Waals surface area contributed by atoms with Crippen LogP contribution in [0.1, 0.15) is 45.0 Å². The fraction of sp³-hybridized carbons (Fsp3) is 0.600. The topological polar surface area (TPSA) is 96.0 Å². The molecule has 1 N–H and O–H groups in total. The third-order valence-electron chi connectivity index (χ3n) is 3.71. The summed E-state index contributed by atoms with van der Waals surface area (Å²) in [5, 5.41) is 0. The summed E-state index contributed by atoms with van der Waals surface area (Å²) in [6.45, 7) is 8.57. The van der Waals surface area contributed by atoms with Crippen molar-refractivity contribution in [1.29, 1.82) is 0 Å². The van der Waals surface area contributed by atoms with Crippen molar-refractivity contribution in [2.45, 2.75) is 51.2 Å². The Kier molecular flexibility index (Phi) is 8.94. The fourth-order valence-electron chi connectivity index (χ4n) is 2.49. The molecule has 0 fully saturated rings. The second-order valence-electron chi connectivity index (χ2n) is 8.53. The Balaban J connectivity index is 3.24. The number of likely N-dealkylation sites (N-methyl/N-ethyl adjacent to an activating group) is 1. The van der Waals surface area contributed by atoms with Crippen LogP contribution in [0, 0.1) is 5.82 Å². The van der Waals surface area contributed by atoms with Gasteiger partial charge in [0.2, 0.25) is 10.0 Å². The van der Waals surface area contributed by atoms with Gasteiger partial charge in [0.15, 0.2) is 0 Å². The van der Waals surface area contributed by atoms with E-state index in [1.54, 1.807) is 53.6 Å². The molecule has 0 bridgehead atoms. The highest BCUT2D eigenvalue weighted by molar-refractivity contribution is 7.89. The summed E-state index contributed by atoms with van der Waals surface area (Å²) < 4.78 is 46.9. The minimum atomic E-state index is -3.92. The number of hydrogen-bond acceptors (Lipinski definition) is 6. The largest absolute Gasteiger partial charge is 0.459 e. The first-order valence-electron chi connectivity index (χ1n) is 9.60. The molecule has 0 heterocycles. The van der Waals surface area contributed by atoms with Gasteiger partial charge in [-0.15, -0.1) is 0 Å². The molecular weight excluding hydrogens is 413 g/mol. The average molecular weight is 446 g/mol. The van der Waals surface area contributed by atoms with E-state index in [0.717, 1.165) is 23.1 Å². The number of amides is 1. The van der Waals surface area contributed by atoms with Crippen molar-refractivity contribution >= 4 is 21.9 Å². The van der Waals surface area contributed by atoms with Gasteiger partial charge in [0, 0.05) is 19.1 Å². The number of rotatable bonds is 9. The van der Waals surface area contributed by atoms with Crippen LogP contribution in [0.2, 0.25) is 0 Å². The van der Waals surface area contributed by atoms with Crippen LogP contribution in [0.25, 0.3) is 0 Å². The van der Waals surface area contributed by atoms with Gasteiger partial charge >= 0.3 is 5.97 Å². The Bertz CT molecular complexity index is 864. The molecule has 0 unspecified atom stereocenters. The minimum Gasteiger partial charge on any atom is -0.459 e. The van der Waals surface area contributed by atoms with Crippen LogP contribution >= 0.6 is 0 Å². The normalized spacial score (nSPS) is 12.3. The summed E-state index contributed by atoms with van der Waals surface area (Å²) in [5.74, 6) is -2.30. The standard InChI is InChI=1S/C20H32FN3O5S/c1-14(2)22-30(27,28)15-8-9-17(21)16(12-15)19(26)24(11-10-23(6)7)13-18(25)29-20(3,4)5/h8-9,12,14,22H,10-11,13H2,1-7H3. The van der Waals surface area contributed by atoms with Gasteiger partial charge in [-0.05, 0) is 66.9 Å². The summed E-state index contributed by atoms with van der Waals surface area (Å²) in [6, 6.07) is 2.64. The summed E-state index contributed by atoms with van der Waals surface area (Å²) in [5.41, 5.74) is -1.17. The summed E-state index contributed by atoms with van der Waals surface area (Å²) in [7, 11) is -0.332. The first-order chi connectivity index (χ1) is 13.6. The van der Waals surface area contributed by atoms with Crippen LogP contribution in [0.4, 0.5) is 4.39 Å². The molecular formula is C20H32FN3O5S. The molecule has 0 aromatic heterocycles.